The van der Waals surface area contributed by atoms with Gasteiger partial charge in [-0.05, 0) is 6.92 Å². The molecule has 2 heterocycles. The van der Waals surface area contributed by atoms with Gasteiger partial charge in [0.1, 0.15) is 30.5 Å². The largest absolute Gasteiger partial charge is 0.457 e. The van der Waals surface area contributed by atoms with Gasteiger partial charge in [0, 0.05) is 38.2 Å². The molecule has 2 fully saturated rings. The highest BCUT2D eigenvalue weighted by Gasteiger charge is 2.69. The number of rotatable bonds is 15. The Morgan fingerprint density at radius 1 is 0.851 bits per heavy atom. The Morgan fingerprint density at radius 2 is 1.32 bits per heavy atom. The number of carbonyl (C=O) groups excluding carboxylic acids is 2. The van der Waals surface area contributed by atoms with Crippen molar-refractivity contribution in [3.05, 3.63) is 97.1 Å². The Hall–Kier alpha value is -3.72. The summed E-state index contributed by atoms with van der Waals surface area (Å²) in [6.45, 7) is 8.75. The second-order valence-electron chi connectivity index (χ2n) is 11.3. The summed E-state index contributed by atoms with van der Waals surface area (Å²) in [6, 6.07) is 12.6. The molecule has 2 aliphatic rings. The van der Waals surface area contributed by atoms with Gasteiger partial charge in [0.25, 0.3) is 11.2 Å². The van der Waals surface area contributed by atoms with Crippen molar-refractivity contribution >= 4 is 11.9 Å². The Bertz CT molecular complexity index is 1430. The first-order valence-electron chi connectivity index (χ1n) is 14.4. The third-order valence-corrected chi connectivity index (χ3v) is 8.30. The lowest BCUT2D eigenvalue weighted by Gasteiger charge is -2.33. The first-order valence-corrected chi connectivity index (χ1v) is 14.4. The number of alkyl halides is 6. The molecular weight excluding hydrogens is 638 g/mol. The van der Waals surface area contributed by atoms with Crippen LogP contribution in [-0.4, -0.2) is 74.6 Å². The summed E-state index contributed by atoms with van der Waals surface area (Å²) in [5.74, 6) is -3.42. The average molecular weight is 673 g/mol. The highest BCUT2D eigenvalue weighted by Crippen LogP contribution is 2.52. The van der Waals surface area contributed by atoms with Crippen molar-refractivity contribution in [1.29, 1.82) is 0 Å². The molecule has 4 unspecified atom stereocenters. The number of hydrogen-bond donors (Lipinski definition) is 0. The van der Waals surface area contributed by atoms with E-state index in [4.69, 9.17) is 28.4 Å². The third kappa shape index (κ3) is 6.69. The number of epoxide rings is 2. The molecule has 8 nitrogen and oxygen atoms in total. The van der Waals surface area contributed by atoms with Crippen LogP contribution >= 0.6 is 0 Å². The zero-order valence-electron chi connectivity index (χ0n) is 25.7. The van der Waals surface area contributed by atoms with Gasteiger partial charge in [-0.25, -0.2) is 9.59 Å². The number of halogens is 6. The fourth-order valence-corrected chi connectivity index (χ4v) is 5.71. The molecule has 2 aromatic carbocycles. The molecule has 14 heteroatoms. The molecule has 256 valence electrons. The second-order valence-corrected chi connectivity index (χ2v) is 11.3. The number of ether oxygens (including phenoxy) is 6. The normalized spacial score (nSPS) is 26.1. The predicted octanol–water partition coefficient (Wildman–Crippen LogP) is 6.10. The van der Waals surface area contributed by atoms with Crippen molar-refractivity contribution < 1.29 is 64.4 Å². The number of hydrogen-bond acceptors (Lipinski definition) is 8. The van der Waals surface area contributed by atoms with E-state index in [1.54, 1.807) is 6.92 Å². The summed E-state index contributed by atoms with van der Waals surface area (Å²) >= 11 is 0. The second kappa shape index (κ2) is 13.4. The molecule has 2 aromatic rings. The van der Waals surface area contributed by atoms with Crippen molar-refractivity contribution in [1.82, 2.24) is 0 Å². The lowest BCUT2D eigenvalue weighted by Crippen LogP contribution is -2.53. The maximum Gasteiger partial charge on any atom is 0.432 e. The maximum atomic E-state index is 14.4. The Morgan fingerprint density at radius 3 is 1.72 bits per heavy atom. The van der Waals surface area contributed by atoms with Crippen molar-refractivity contribution in [2.24, 2.45) is 0 Å². The lowest BCUT2D eigenvalue weighted by molar-refractivity contribution is -0.279. The molecule has 0 spiro atoms. The van der Waals surface area contributed by atoms with E-state index in [0.29, 0.717) is 0 Å². The zero-order chi connectivity index (χ0) is 34.8. The van der Waals surface area contributed by atoms with Gasteiger partial charge < -0.3 is 28.4 Å². The van der Waals surface area contributed by atoms with Crippen molar-refractivity contribution in [3.63, 3.8) is 0 Å². The van der Waals surface area contributed by atoms with Crippen LogP contribution in [0.5, 0.6) is 0 Å². The molecule has 47 heavy (non-hydrogen) atoms. The molecule has 0 radical (unpaired) electrons. The molecule has 0 aliphatic carbocycles. The summed E-state index contributed by atoms with van der Waals surface area (Å²) in [4.78, 5) is 26.3. The zero-order valence-corrected chi connectivity index (χ0v) is 25.7. The smallest absolute Gasteiger partial charge is 0.432 e. The third-order valence-electron chi connectivity index (χ3n) is 8.30. The summed E-state index contributed by atoms with van der Waals surface area (Å²) < 4.78 is 118. The molecule has 0 saturated carbocycles. The standard InChI is InChI=1S/C33H34F6O8/c1-6-14-23(45-28(41)31(43-5,33(37,38)39)21-17-12-9-13-18-21)24-25(46-24)26-29(3,47-26)19-22(7-2)44-27(40)30(42-4,32(34,35)36)20-15-10-8-11-16-20/h6-13,15-18,22-26H,1-2,14,19H2,3-5H3/t22-,23+,24?,25?,26?,29?,30+,31+/m1/s1. The van der Waals surface area contributed by atoms with E-state index in [9.17, 15) is 35.9 Å². The van der Waals surface area contributed by atoms with Gasteiger partial charge in [0.05, 0.1) is 5.60 Å². The van der Waals surface area contributed by atoms with Gasteiger partial charge in [-0.2, -0.15) is 26.3 Å². The SMILES string of the molecule is C=CC[C@H](OC(=O)[C@@](OC)(c1ccccc1)C(F)(F)F)C1OC1C1OC1(C)C[C@@H](C=C)OC(=O)[C@@](OC)(c1ccccc1)C(F)(F)F. The lowest BCUT2D eigenvalue weighted by atomic mass is 9.92. The Labute approximate surface area is 267 Å². The van der Waals surface area contributed by atoms with Gasteiger partial charge >= 0.3 is 24.3 Å². The predicted molar refractivity (Wildman–Crippen MR) is 154 cm³/mol. The highest BCUT2D eigenvalue weighted by molar-refractivity contribution is 5.83. The summed E-state index contributed by atoms with van der Waals surface area (Å²) in [6.07, 6.45) is -13.0. The van der Waals surface area contributed by atoms with Gasteiger partial charge in [-0.1, -0.05) is 79.4 Å². The monoisotopic (exact) mass is 672 g/mol. The average Bonchev–Trinajstić information content (AvgIpc) is 3.93. The number of benzene rings is 2. The van der Waals surface area contributed by atoms with Crippen LogP contribution in [0.3, 0.4) is 0 Å². The van der Waals surface area contributed by atoms with Crippen molar-refractivity contribution in [3.8, 4) is 0 Å². The minimum atomic E-state index is -5.19. The molecule has 0 amide bonds. The Balaban J connectivity index is 1.46. The molecule has 0 bridgehead atoms. The highest BCUT2D eigenvalue weighted by atomic mass is 19.4. The molecule has 0 aromatic heterocycles. The van der Waals surface area contributed by atoms with Crippen LogP contribution in [0.1, 0.15) is 30.9 Å². The first-order chi connectivity index (χ1) is 22.1. The fourth-order valence-electron chi connectivity index (χ4n) is 5.71. The van der Waals surface area contributed by atoms with E-state index in [1.165, 1.54) is 42.5 Å². The molecule has 2 aliphatic heterocycles. The fraction of sp³-hybridized carbons (Fsp3) is 0.455. The number of esters is 2. The first kappa shape index (κ1) is 36.1. The van der Waals surface area contributed by atoms with E-state index < -0.39 is 82.7 Å². The molecule has 4 rings (SSSR count). The van der Waals surface area contributed by atoms with Crippen LogP contribution in [0.4, 0.5) is 26.3 Å². The Kier molecular flexibility index (Phi) is 10.3. The topological polar surface area (TPSA) is 96.1 Å². The summed E-state index contributed by atoms with van der Waals surface area (Å²) in [5.41, 5.74) is -8.91. The van der Waals surface area contributed by atoms with E-state index in [0.717, 1.165) is 44.6 Å². The van der Waals surface area contributed by atoms with Crippen molar-refractivity contribution in [2.45, 2.75) is 79.4 Å². The van der Waals surface area contributed by atoms with Crippen LogP contribution in [-0.2, 0) is 49.2 Å². The molecule has 0 N–H and O–H groups in total. The van der Waals surface area contributed by atoms with E-state index in [2.05, 4.69) is 13.2 Å². The van der Waals surface area contributed by atoms with E-state index in [-0.39, 0.29) is 12.8 Å². The van der Waals surface area contributed by atoms with Crippen molar-refractivity contribution in [2.75, 3.05) is 14.2 Å². The van der Waals surface area contributed by atoms with Crippen LogP contribution in [0.15, 0.2) is 86.0 Å². The molecular formula is C33H34F6O8. The summed E-state index contributed by atoms with van der Waals surface area (Å²) in [5, 5.41) is 0. The molecule has 8 atom stereocenters. The minimum Gasteiger partial charge on any atom is -0.457 e. The van der Waals surface area contributed by atoms with Crippen LogP contribution < -0.4 is 0 Å². The van der Waals surface area contributed by atoms with Gasteiger partial charge in [0.2, 0.25) is 0 Å². The number of carbonyl (C=O) groups is 2. The number of methoxy groups -OCH3 is 2. The maximum absolute atomic E-state index is 14.4. The van der Waals surface area contributed by atoms with E-state index in [1.807, 2.05) is 0 Å². The summed E-state index contributed by atoms with van der Waals surface area (Å²) in [7, 11) is 1.49. The van der Waals surface area contributed by atoms with Crippen LogP contribution in [0.25, 0.3) is 0 Å². The van der Waals surface area contributed by atoms with E-state index >= 15 is 0 Å². The van der Waals surface area contributed by atoms with Gasteiger partial charge in [-0.3, -0.25) is 0 Å². The molecule has 2 saturated heterocycles. The van der Waals surface area contributed by atoms with Gasteiger partial charge in [-0.15, -0.1) is 6.58 Å². The van der Waals surface area contributed by atoms with Crippen LogP contribution in [0, 0.1) is 0 Å². The van der Waals surface area contributed by atoms with Crippen LogP contribution in [0.2, 0.25) is 0 Å². The quantitative estimate of drug-likeness (QED) is 0.0971. The minimum absolute atomic E-state index is 0.0777. The van der Waals surface area contributed by atoms with Gasteiger partial charge in [0.15, 0.2) is 0 Å².